The number of benzene rings is 2. The fourth-order valence-electron chi connectivity index (χ4n) is 1.62. The maximum Gasteiger partial charge on any atom is 0.131 e. The summed E-state index contributed by atoms with van der Waals surface area (Å²) in [5, 5.41) is 3.11. The number of hydrogen-bond donors (Lipinski definition) is 1. The molecule has 0 spiro atoms. The molecule has 0 aliphatic carbocycles. The summed E-state index contributed by atoms with van der Waals surface area (Å²) in [6, 6.07) is 9.39. The van der Waals surface area contributed by atoms with Gasteiger partial charge in [-0.1, -0.05) is 22.0 Å². The van der Waals surface area contributed by atoms with Gasteiger partial charge in [-0.15, -0.1) is 0 Å². The van der Waals surface area contributed by atoms with Gasteiger partial charge in [-0.3, -0.25) is 0 Å². The topological polar surface area (TPSA) is 12.0 Å². The van der Waals surface area contributed by atoms with Crippen LogP contribution in [0.1, 0.15) is 11.1 Å². The fraction of sp³-hybridized carbons (Fsp3) is 0.143. The lowest BCUT2D eigenvalue weighted by Gasteiger charge is -2.09. The molecule has 0 aliphatic rings. The van der Waals surface area contributed by atoms with E-state index in [1.807, 2.05) is 25.1 Å². The molecule has 0 saturated heterocycles. The molecule has 2 aromatic rings. The van der Waals surface area contributed by atoms with Crippen LogP contribution in [0, 0.1) is 18.6 Å². The smallest absolute Gasteiger partial charge is 0.131 e. The minimum Gasteiger partial charge on any atom is -0.381 e. The molecule has 1 nitrogen and oxygen atoms in total. The van der Waals surface area contributed by atoms with Crippen molar-refractivity contribution in [2.75, 3.05) is 5.32 Å². The molecule has 1 N–H and O–H groups in total. The Bertz CT molecular complexity index is 570. The molecule has 0 fully saturated rings. The number of nitrogens with one attached hydrogen (secondary N) is 1. The summed E-state index contributed by atoms with van der Waals surface area (Å²) in [5.74, 6) is -1.09. The van der Waals surface area contributed by atoms with Gasteiger partial charge in [0.2, 0.25) is 0 Å². The van der Waals surface area contributed by atoms with Crippen molar-refractivity contribution in [1.82, 2.24) is 0 Å². The van der Waals surface area contributed by atoms with Gasteiger partial charge in [0.15, 0.2) is 0 Å². The minimum atomic E-state index is -0.560. The normalized spacial score (nSPS) is 10.4. The van der Waals surface area contributed by atoms with Crippen molar-refractivity contribution in [2.45, 2.75) is 13.5 Å². The van der Waals surface area contributed by atoms with Crippen LogP contribution in [-0.2, 0) is 6.54 Å². The van der Waals surface area contributed by atoms with E-state index in [2.05, 4.69) is 21.2 Å². The number of rotatable bonds is 3. The lowest BCUT2D eigenvalue weighted by Crippen LogP contribution is -2.02. The lowest BCUT2D eigenvalue weighted by molar-refractivity contribution is 0.574. The molecule has 2 aromatic carbocycles. The van der Waals surface area contributed by atoms with E-state index in [0.717, 1.165) is 21.8 Å². The number of halogens is 3. The van der Waals surface area contributed by atoms with Crippen LogP contribution in [0.25, 0.3) is 0 Å². The van der Waals surface area contributed by atoms with Crippen molar-refractivity contribution >= 4 is 21.6 Å². The Morgan fingerprint density at radius 2 is 1.89 bits per heavy atom. The largest absolute Gasteiger partial charge is 0.381 e. The van der Waals surface area contributed by atoms with Gasteiger partial charge in [-0.25, -0.2) is 8.78 Å². The number of anilines is 1. The predicted octanol–water partition coefficient (Wildman–Crippen LogP) is 4.65. The molecular weight excluding hydrogens is 300 g/mol. The molecular formula is C14H12BrF2N. The van der Waals surface area contributed by atoms with Crippen LogP contribution in [0.5, 0.6) is 0 Å². The Morgan fingerprint density at radius 3 is 2.56 bits per heavy atom. The number of hydrogen-bond acceptors (Lipinski definition) is 1. The second-order valence-electron chi connectivity index (χ2n) is 4.05. The lowest BCUT2D eigenvalue weighted by atomic mass is 10.2. The van der Waals surface area contributed by atoms with E-state index in [1.165, 1.54) is 12.1 Å². The van der Waals surface area contributed by atoms with Gasteiger partial charge >= 0.3 is 0 Å². The first kappa shape index (κ1) is 13.0. The summed E-state index contributed by atoms with van der Waals surface area (Å²) in [4.78, 5) is 0. The van der Waals surface area contributed by atoms with Crippen molar-refractivity contribution in [2.24, 2.45) is 0 Å². The van der Waals surface area contributed by atoms with Crippen LogP contribution in [0.3, 0.4) is 0 Å². The first-order valence-electron chi connectivity index (χ1n) is 5.50. The molecule has 0 bridgehead atoms. The van der Waals surface area contributed by atoms with Crippen molar-refractivity contribution in [1.29, 1.82) is 0 Å². The van der Waals surface area contributed by atoms with E-state index in [1.54, 1.807) is 0 Å². The molecule has 4 heteroatoms. The van der Waals surface area contributed by atoms with E-state index < -0.39 is 11.6 Å². The molecule has 2 rings (SSSR count). The van der Waals surface area contributed by atoms with Gasteiger partial charge in [0.25, 0.3) is 0 Å². The van der Waals surface area contributed by atoms with E-state index >= 15 is 0 Å². The van der Waals surface area contributed by atoms with Gasteiger partial charge < -0.3 is 5.32 Å². The molecule has 0 atom stereocenters. The first-order chi connectivity index (χ1) is 8.56. The monoisotopic (exact) mass is 311 g/mol. The summed E-state index contributed by atoms with van der Waals surface area (Å²) in [5.41, 5.74) is 2.44. The van der Waals surface area contributed by atoms with Crippen LogP contribution in [0.4, 0.5) is 14.5 Å². The standard InChI is InChI=1S/C14H12BrF2N/c1-9-6-12(4-5-13(9)15)18-8-10-2-3-11(16)7-14(10)17/h2-7,18H,8H2,1H3. The highest BCUT2D eigenvalue weighted by Crippen LogP contribution is 2.20. The third-order valence-corrected chi connectivity index (χ3v) is 3.55. The third-order valence-electron chi connectivity index (χ3n) is 2.66. The SMILES string of the molecule is Cc1cc(NCc2ccc(F)cc2F)ccc1Br. The molecule has 0 heterocycles. The quantitative estimate of drug-likeness (QED) is 0.870. The Labute approximate surface area is 113 Å². The fourth-order valence-corrected chi connectivity index (χ4v) is 1.86. The average Bonchev–Trinajstić information content (AvgIpc) is 2.32. The Morgan fingerprint density at radius 1 is 1.11 bits per heavy atom. The van der Waals surface area contributed by atoms with E-state index in [9.17, 15) is 8.78 Å². The maximum atomic E-state index is 13.4. The second kappa shape index (κ2) is 5.48. The molecule has 18 heavy (non-hydrogen) atoms. The highest BCUT2D eigenvalue weighted by atomic mass is 79.9. The van der Waals surface area contributed by atoms with E-state index in [4.69, 9.17) is 0 Å². The van der Waals surface area contributed by atoms with Crippen molar-refractivity contribution in [3.8, 4) is 0 Å². The first-order valence-corrected chi connectivity index (χ1v) is 6.29. The molecule has 0 saturated carbocycles. The van der Waals surface area contributed by atoms with Gasteiger partial charge in [-0.05, 0) is 36.8 Å². The minimum absolute atomic E-state index is 0.327. The van der Waals surface area contributed by atoms with Crippen molar-refractivity contribution in [3.63, 3.8) is 0 Å². The Kier molecular flexibility index (Phi) is 3.97. The summed E-state index contributed by atoms with van der Waals surface area (Å²) in [6.07, 6.45) is 0. The summed E-state index contributed by atoms with van der Waals surface area (Å²) < 4.78 is 27.2. The predicted molar refractivity (Wildman–Crippen MR) is 72.6 cm³/mol. The molecule has 0 unspecified atom stereocenters. The second-order valence-corrected chi connectivity index (χ2v) is 4.91. The summed E-state index contributed by atoms with van der Waals surface area (Å²) >= 11 is 3.42. The van der Waals surface area contributed by atoms with Gasteiger partial charge in [-0.2, -0.15) is 0 Å². The van der Waals surface area contributed by atoms with Crippen molar-refractivity contribution in [3.05, 3.63) is 63.6 Å². The molecule has 0 aliphatic heterocycles. The van der Waals surface area contributed by atoms with Gasteiger partial charge in [0.1, 0.15) is 11.6 Å². The molecule has 0 amide bonds. The third kappa shape index (κ3) is 3.07. The van der Waals surface area contributed by atoms with Crippen LogP contribution in [0.2, 0.25) is 0 Å². The zero-order chi connectivity index (χ0) is 13.1. The van der Waals surface area contributed by atoms with Crippen LogP contribution in [-0.4, -0.2) is 0 Å². The Balaban J connectivity index is 2.09. The van der Waals surface area contributed by atoms with E-state index in [-0.39, 0.29) is 0 Å². The van der Waals surface area contributed by atoms with Crippen LogP contribution < -0.4 is 5.32 Å². The zero-order valence-electron chi connectivity index (χ0n) is 9.81. The van der Waals surface area contributed by atoms with Gasteiger partial charge in [0.05, 0.1) is 0 Å². The number of aryl methyl sites for hydroxylation is 1. The average molecular weight is 312 g/mol. The summed E-state index contributed by atoms with van der Waals surface area (Å²) in [7, 11) is 0. The van der Waals surface area contributed by atoms with Crippen molar-refractivity contribution < 1.29 is 8.78 Å². The van der Waals surface area contributed by atoms with Crippen LogP contribution >= 0.6 is 15.9 Å². The van der Waals surface area contributed by atoms with E-state index in [0.29, 0.717) is 12.1 Å². The summed E-state index contributed by atoms with van der Waals surface area (Å²) in [6.45, 7) is 2.31. The molecule has 94 valence electrons. The van der Waals surface area contributed by atoms with Gasteiger partial charge in [0, 0.05) is 28.3 Å². The Hall–Kier alpha value is -1.42. The zero-order valence-corrected chi connectivity index (χ0v) is 11.4. The maximum absolute atomic E-state index is 13.4. The molecule has 0 radical (unpaired) electrons. The van der Waals surface area contributed by atoms with Crippen LogP contribution in [0.15, 0.2) is 40.9 Å². The highest BCUT2D eigenvalue weighted by Gasteiger charge is 2.04. The highest BCUT2D eigenvalue weighted by molar-refractivity contribution is 9.10. The molecule has 0 aromatic heterocycles.